The Morgan fingerprint density at radius 1 is 1.56 bits per heavy atom. The lowest BCUT2D eigenvalue weighted by Crippen LogP contribution is -2.35. The number of hydrogen-bond donors (Lipinski definition) is 2. The van der Waals surface area contributed by atoms with Gasteiger partial charge >= 0.3 is 5.97 Å². The van der Waals surface area contributed by atoms with Crippen molar-refractivity contribution < 1.29 is 14.6 Å². The van der Waals surface area contributed by atoms with Gasteiger partial charge in [-0.2, -0.15) is 0 Å². The van der Waals surface area contributed by atoms with Gasteiger partial charge in [-0.05, 0) is 12.5 Å². The van der Waals surface area contributed by atoms with Gasteiger partial charge in [0.05, 0.1) is 7.11 Å². The normalized spacial score (nSPS) is 24.1. The van der Waals surface area contributed by atoms with Gasteiger partial charge in [-0.1, -0.05) is 18.2 Å². The molecule has 0 bridgehead atoms. The Morgan fingerprint density at radius 3 is 2.94 bits per heavy atom. The molecule has 1 heterocycles. The molecule has 18 heavy (non-hydrogen) atoms. The van der Waals surface area contributed by atoms with Crippen LogP contribution in [0.3, 0.4) is 0 Å². The van der Waals surface area contributed by atoms with E-state index in [0.717, 1.165) is 11.3 Å². The summed E-state index contributed by atoms with van der Waals surface area (Å²) in [5, 5.41) is 9.18. The van der Waals surface area contributed by atoms with Crippen molar-refractivity contribution in [3.8, 4) is 5.75 Å². The summed E-state index contributed by atoms with van der Waals surface area (Å²) in [7, 11) is 1.61. The minimum Gasteiger partial charge on any atom is -0.496 e. The quantitative estimate of drug-likeness (QED) is 0.822. The first-order chi connectivity index (χ1) is 8.61. The van der Waals surface area contributed by atoms with Crippen LogP contribution in [0.5, 0.6) is 5.75 Å². The summed E-state index contributed by atoms with van der Waals surface area (Å²) < 4.78 is 5.27. The number of carboxylic acids is 1. The highest BCUT2D eigenvalue weighted by atomic mass is 16.5. The van der Waals surface area contributed by atoms with Crippen LogP contribution < -0.4 is 10.5 Å². The zero-order valence-corrected chi connectivity index (χ0v) is 10.4. The van der Waals surface area contributed by atoms with E-state index in [1.54, 1.807) is 7.11 Å². The number of hydrogen-bond acceptors (Lipinski definition) is 4. The van der Waals surface area contributed by atoms with Crippen molar-refractivity contribution in [3.63, 3.8) is 0 Å². The summed E-state index contributed by atoms with van der Waals surface area (Å²) in [6.07, 6.45) is 0.504. The Bertz CT molecular complexity index is 436. The standard InChI is InChI=1S/C13H18N2O3/c1-18-12-5-3-2-4-9(12)7-15-8-10(14)6-11(15)13(16)17/h2-5,10-11H,6-8,14H2,1H3,(H,16,17). The third kappa shape index (κ3) is 2.63. The van der Waals surface area contributed by atoms with E-state index in [1.165, 1.54) is 0 Å². The number of nitrogens with zero attached hydrogens (tertiary/aromatic N) is 1. The van der Waals surface area contributed by atoms with Crippen molar-refractivity contribution in [2.24, 2.45) is 5.73 Å². The molecule has 1 fully saturated rings. The average molecular weight is 250 g/mol. The highest BCUT2D eigenvalue weighted by Gasteiger charge is 2.35. The summed E-state index contributed by atoms with van der Waals surface area (Å²) in [4.78, 5) is 13.1. The van der Waals surface area contributed by atoms with Crippen molar-refractivity contribution in [1.29, 1.82) is 0 Å². The van der Waals surface area contributed by atoms with Crippen LogP contribution >= 0.6 is 0 Å². The zero-order chi connectivity index (χ0) is 13.1. The molecule has 0 spiro atoms. The number of rotatable bonds is 4. The highest BCUT2D eigenvalue weighted by molar-refractivity contribution is 5.74. The predicted molar refractivity (Wildman–Crippen MR) is 67.4 cm³/mol. The summed E-state index contributed by atoms with van der Waals surface area (Å²) in [6.45, 7) is 1.16. The molecule has 5 heteroatoms. The fraction of sp³-hybridized carbons (Fsp3) is 0.462. The SMILES string of the molecule is COc1ccccc1CN1CC(N)CC1C(=O)O. The summed E-state index contributed by atoms with van der Waals surface area (Å²) in [6, 6.07) is 7.07. The second-order valence-corrected chi connectivity index (χ2v) is 4.59. The average Bonchev–Trinajstić information content (AvgIpc) is 2.71. The van der Waals surface area contributed by atoms with Crippen LogP contribution in [0.1, 0.15) is 12.0 Å². The molecule has 0 aliphatic carbocycles. The third-order valence-electron chi connectivity index (χ3n) is 3.29. The largest absolute Gasteiger partial charge is 0.496 e. The maximum atomic E-state index is 11.2. The number of nitrogens with two attached hydrogens (primary N) is 1. The molecule has 5 nitrogen and oxygen atoms in total. The maximum Gasteiger partial charge on any atom is 0.320 e. The second-order valence-electron chi connectivity index (χ2n) is 4.59. The number of aliphatic carboxylic acids is 1. The molecule has 2 atom stereocenters. The number of carboxylic acid groups (broad SMARTS) is 1. The first-order valence-electron chi connectivity index (χ1n) is 5.96. The predicted octanol–water partition coefficient (Wildman–Crippen LogP) is 0.681. The molecule has 98 valence electrons. The molecule has 0 saturated carbocycles. The topological polar surface area (TPSA) is 75.8 Å². The first-order valence-corrected chi connectivity index (χ1v) is 5.96. The molecule has 3 N–H and O–H groups in total. The minimum absolute atomic E-state index is 0.0687. The van der Waals surface area contributed by atoms with Crippen LogP contribution in [0.4, 0.5) is 0 Å². The molecule has 2 rings (SSSR count). The van der Waals surface area contributed by atoms with Gasteiger partial charge in [0, 0.05) is 24.7 Å². The van der Waals surface area contributed by atoms with E-state index in [-0.39, 0.29) is 6.04 Å². The fourth-order valence-corrected chi connectivity index (χ4v) is 2.42. The van der Waals surface area contributed by atoms with Crippen molar-refractivity contribution >= 4 is 5.97 Å². The number of benzene rings is 1. The van der Waals surface area contributed by atoms with E-state index < -0.39 is 12.0 Å². The van der Waals surface area contributed by atoms with Crippen LogP contribution in [0.2, 0.25) is 0 Å². The first kappa shape index (κ1) is 12.9. The molecule has 1 aliphatic heterocycles. The molecule has 1 aromatic carbocycles. The van der Waals surface area contributed by atoms with Crippen LogP contribution in [0.25, 0.3) is 0 Å². The van der Waals surface area contributed by atoms with E-state index >= 15 is 0 Å². The monoisotopic (exact) mass is 250 g/mol. The molecule has 1 aromatic rings. The van der Waals surface area contributed by atoms with Crippen LogP contribution in [-0.2, 0) is 11.3 Å². The van der Waals surface area contributed by atoms with E-state index in [2.05, 4.69) is 0 Å². The van der Waals surface area contributed by atoms with Crippen molar-refractivity contribution in [2.75, 3.05) is 13.7 Å². The van der Waals surface area contributed by atoms with Crippen molar-refractivity contribution in [2.45, 2.75) is 25.0 Å². The van der Waals surface area contributed by atoms with Gasteiger partial charge in [0.1, 0.15) is 11.8 Å². The van der Waals surface area contributed by atoms with Crippen molar-refractivity contribution in [1.82, 2.24) is 4.90 Å². The number of likely N-dealkylation sites (tertiary alicyclic amines) is 1. The van der Waals surface area contributed by atoms with Crippen molar-refractivity contribution in [3.05, 3.63) is 29.8 Å². The Labute approximate surface area is 106 Å². The van der Waals surface area contributed by atoms with E-state index in [1.807, 2.05) is 29.2 Å². The molecule has 2 unspecified atom stereocenters. The number of carbonyl (C=O) groups is 1. The van der Waals surface area contributed by atoms with Gasteiger partial charge in [0.15, 0.2) is 0 Å². The van der Waals surface area contributed by atoms with Gasteiger partial charge in [-0.25, -0.2) is 0 Å². The molecule has 1 saturated heterocycles. The molecule has 1 aliphatic rings. The molecular weight excluding hydrogens is 232 g/mol. The summed E-state index contributed by atoms with van der Waals surface area (Å²) in [5.41, 5.74) is 6.83. The lowest BCUT2D eigenvalue weighted by Gasteiger charge is -2.21. The third-order valence-corrected chi connectivity index (χ3v) is 3.29. The van der Waals surface area contributed by atoms with Gasteiger partial charge in [0.2, 0.25) is 0 Å². The Morgan fingerprint density at radius 2 is 2.28 bits per heavy atom. The van der Waals surface area contributed by atoms with Gasteiger partial charge < -0.3 is 15.6 Å². The Balaban J connectivity index is 2.15. The minimum atomic E-state index is -0.808. The van der Waals surface area contributed by atoms with Gasteiger partial charge in [-0.3, -0.25) is 9.69 Å². The highest BCUT2D eigenvalue weighted by Crippen LogP contribution is 2.24. The van der Waals surface area contributed by atoms with Crippen LogP contribution in [-0.4, -0.2) is 41.7 Å². The smallest absolute Gasteiger partial charge is 0.320 e. The van der Waals surface area contributed by atoms with Gasteiger partial charge in [0.25, 0.3) is 0 Å². The lowest BCUT2D eigenvalue weighted by atomic mass is 10.1. The Kier molecular flexibility index (Phi) is 3.84. The van der Waals surface area contributed by atoms with Crippen LogP contribution in [0, 0.1) is 0 Å². The van der Waals surface area contributed by atoms with E-state index in [4.69, 9.17) is 10.5 Å². The van der Waals surface area contributed by atoms with E-state index in [0.29, 0.717) is 19.5 Å². The second kappa shape index (κ2) is 5.37. The van der Waals surface area contributed by atoms with E-state index in [9.17, 15) is 9.90 Å². The fourth-order valence-electron chi connectivity index (χ4n) is 2.42. The summed E-state index contributed by atoms with van der Waals surface area (Å²) in [5.74, 6) is -0.0278. The summed E-state index contributed by atoms with van der Waals surface area (Å²) >= 11 is 0. The molecule has 0 radical (unpaired) electrons. The Hall–Kier alpha value is -1.59. The zero-order valence-electron chi connectivity index (χ0n) is 10.4. The maximum absolute atomic E-state index is 11.2. The molecule has 0 amide bonds. The molecular formula is C13H18N2O3. The van der Waals surface area contributed by atoms with Gasteiger partial charge in [-0.15, -0.1) is 0 Å². The number of para-hydroxylation sites is 1. The van der Waals surface area contributed by atoms with Crippen LogP contribution in [0.15, 0.2) is 24.3 Å². The number of ether oxygens (including phenoxy) is 1. The number of methoxy groups -OCH3 is 1. The molecule has 0 aromatic heterocycles. The lowest BCUT2D eigenvalue weighted by molar-refractivity contribution is -0.142.